The fourth-order valence-electron chi connectivity index (χ4n) is 8.12. The van der Waals surface area contributed by atoms with E-state index in [1.54, 1.807) is 4.90 Å². The van der Waals surface area contributed by atoms with E-state index in [1.165, 1.54) is 0 Å². The molecule has 4 aromatic rings. The summed E-state index contributed by atoms with van der Waals surface area (Å²) >= 11 is 7.25. The van der Waals surface area contributed by atoms with Gasteiger partial charge in [0.05, 0.1) is 34.2 Å². The molecule has 0 saturated carbocycles. The van der Waals surface area contributed by atoms with E-state index in [1.807, 2.05) is 50.5 Å². The minimum atomic E-state index is -0.890. The van der Waals surface area contributed by atoms with Gasteiger partial charge < -0.3 is 28.7 Å². The van der Waals surface area contributed by atoms with Crippen LogP contribution in [0.3, 0.4) is 0 Å². The van der Waals surface area contributed by atoms with Gasteiger partial charge in [-0.3, -0.25) is 4.90 Å². The number of carbonyl (C=O) groups is 1. The van der Waals surface area contributed by atoms with E-state index in [2.05, 4.69) is 17.0 Å². The fourth-order valence-corrected chi connectivity index (χ4v) is 8.38. The number of rotatable bonds is 6. The highest BCUT2D eigenvalue weighted by molar-refractivity contribution is 6.36. The number of likely N-dealkylation sites (N-methyl/N-ethyl adjacent to an activating group) is 1. The Labute approximate surface area is 314 Å². The Balaban J connectivity index is 1.24. The molecule has 3 atom stereocenters. The lowest BCUT2D eigenvalue weighted by atomic mass is 9.90. The number of nitrogens with zero attached hydrogens (tertiary/aromatic N) is 7. The largest absolute Gasteiger partial charge is 0.492 e. The van der Waals surface area contributed by atoms with Crippen LogP contribution in [0.2, 0.25) is 5.02 Å². The second-order valence-corrected chi connectivity index (χ2v) is 16.2. The third kappa shape index (κ3) is 7.07. The quantitative estimate of drug-likeness (QED) is 0.203. The maximum Gasteiger partial charge on any atom is 0.410 e. The predicted molar refractivity (Wildman–Crippen MR) is 202 cm³/mol. The molecule has 0 aliphatic carbocycles. The van der Waals surface area contributed by atoms with Gasteiger partial charge in [-0.05, 0) is 96.5 Å². The van der Waals surface area contributed by atoms with E-state index in [0.717, 1.165) is 83.0 Å². The SMILES string of the molecule is Cc1cc2c(cnn2C2CCCCO2)c(-c2cc3nc(OC[C@@H]4C[C@@H](F)CN4C)nc(N4CCN(C(=O)OC(C)(C)C)CC4)c3c3c2CCCO3)c1Cl. The monoisotopic (exact) mass is 749 g/mol. The Bertz CT molecular complexity index is 2020. The molecule has 8 rings (SSSR count). The predicted octanol–water partition coefficient (Wildman–Crippen LogP) is 7.11. The van der Waals surface area contributed by atoms with Crippen molar-refractivity contribution in [1.29, 1.82) is 0 Å². The van der Waals surface area contributed by atoms with Gasteiger partial charge in [0.2, 0.25) is 0 Å². The van der Waals surface area contributed by atoms with E-state index < -0.39 is 11.8 Å². The zero-order chi connectivity index (χ0) is 37.0. The molecular weight excluding hydrogens is 701 g/mol. The molecule has 4 aliphatic heterocycles. The summed E-state index contributed by atoms with van der Waals surface area (Å²) in [6.45, 7) is 11.5. The number of piperazine rings is 1. The summed E-state index contributed by atoms with van der Waals surface area (Å²) in [4.78, 5) is 28.9. The van der Waals surface area contributed by atoms with Crippen molar-refractivity contribution in [2.75, 3.05) is 64.5 Å². The van der Waals surface area contributed by atoms with Crippen LogP contribution in [0.15, 0.2) is 18.3 Å². The number of amides is 1. The van der Waals surface area contributed by atoms with Crippen molar-refractivity contribution in [3.05, 3.63) is 34.5 Å². The molecule has 12 nitrogen and oxygen atoms in total. The third-order valence-corrected chi connectivity index (χ3v) is 11.3. The molecule has 1 amide bonds. The van der Waals surface area contributed by atoms with Crippen LogP contribution < -0.4 is 14.4 Å². The molecule has 1 unspecified atom stereocenters. The molecule has 0 N–H and O–H groups in total. The molecule has 0 spiro atoms. The maximum absolute atomic E-state index is 14.3. The van der Waals surface area contributed by atoms with Crippen LogP contribution in [0.5, 0.6) is 11.8 Å². The average molecular weight is 750 g/mol. The Morgan fingerprint density at radius 3 is 2.62 bits per heavy atom. The number of carbonyl (C=O) groups excluding carboxylic acids is 1. The summed E-state index contributed by atoms with van der Waals surface area (Å²) in [5.74, 6) is 1.42. The lowest BCUT2D eigenvalue weighted by molar-refractivity contribution is -0.0366. The first-order valence-electron chi connectivity index (χ1n) is 18.9. The van der Waals surface area contributed by atoms with Crippen LogP contribution in [-0.2, 0) is 15.9 Å². The minimum absolute atomic E-state index is 0.0865. The van der Waals surface area contributed by atoms with Gasteiger partial charge in [-0.15, -0.1) is 0 Å². The molecule has 3 saturated heterocycles. The zero-order valence-electron chi connectivity index (χ0n) is 31.3. The fraction of sp³-hybridized carbons (Fsp3) is 0.590. The smallest absolute Gasteiger partial charge is 0.410 e. The van der Waals surface area contributed by atoms with Crippen molar-refractivity contribution in [3.8, 4) is 22.9 Å². The molecule has 53 heavy (non-hydrogen) atoms. The van der Waals surface area contributed by atoms with Crippen molar-refractivity contribution in [2.45, 2.75) is 90.3 Å². The number of hydrogen-bond donors (Lipinski definition) is 0. The van der Waals surface area contributed by atoms with Gasteiger partial charge in [0.25, 0.3) is 0 Å². The Morgan fingerprint density at radius 1 is 1.09 bits per heavy atom. The second kappa shape index (κ2) is 14.4. The number of benzene rings is 2. The zero-order valence-corrected chi connectivity index (χ0v) is 32.0. The van der Waals surface area contributed by atoms with E-state index in [-0.39, 0.29) is 31.0 Å². The van der Waals surface area contributed by atoms with Crippen molar-refractivity contribution >= 4 is 45.3 Å². The number of alkyl halides is 1. The number of aromatic nitrogens is 4. The minimum Gasteiger partial charge on any atom is -0.492 e. The number of fused-ring (bicyclic) bond motifs is 4. The van der Waals surface area contributed by atoms with Gasteiger partial charge in [-0.1, -0.05) is 11.6 Å². The van der Waals surface area contributed by atoms with Crippen LogP contribution in [0.25, 0.3) is 32.9 Å². The highest BCUT2D eigenvalue weighted by atomic mass is 35.5. The standard InChI is InChI=1S/C39H49ClFN7O5/c1-23-17-30-28(20-42-48(30)31-10-6-7-15-50-31)32(34(23)40)27-19-29-33(35-26(27)9-8-16-51-35)36(44-37(43-29)52-22-25-18-24(41)21-45(25)5)46-11-13-47(14-12-46)38(49)53-39(2,3)4/h17,19-20,24-25,31H,6-16,18,21-22H2,1-5H3/t24-,25+,31?/m1/s1. The maximum atomic E-state index is 14.3. The number of aryl methyl sites for hydroxylation is 1. The summed E-state index contributed by atoms with van der Waals surface area (Å²) in [6, 6.07) is 4.31. The molecule has 0 bridgehead atoms. The lowest BCUT2D eigenvalue weighted by Gasteiger charge is -2.37. The van der Waals surface area contributed by atoms with Gasteiger partial charge in [-0.2, -0.15) is 15.1 Å². The van der Waals surface area contributed by atoms with Crippen molar-refractivity contribution in [3.63, 3.8) is 0 Å². The summed E-state index contributed by atoms with van der Waals surface area (Å²) in [5, 5.41) is 7.24. The first-order valence-corrected chi connectivity index (χ1v) is 19.3. The van der Waals surface area contributed by atoms with Crippen molar-refractivity contribution in [1.82, 2.24) is 29.5 Å². The average Bonchev–Trinajstić information content (AvgIpc) is 3.71. The van der Waals surface area contributed by atoms with E-state index in [9.17, 15) is 9.18 Å². The summed E-state index contributed by atoms with van der Waals surface area (Å²) in [7, 11) is 1.91. The van der Waals surface area contributed by atoms with Crippen molar-refractivity contribution in [2.24, 2.45) is 0 Å². The topological polar surface area (TPSA) is 107 Å². The molecular formula is C39H49ClFN7O5. The van der Waals surface area contributed by atoms with Crippen LogP contribution in [0.4, 0.5) is 15.0 Å². The van der Waals surface area contributed by atoms with E-state index in [4.69, 9.17) is 45.6 Å². The molecule has 3 fully saturated rings. The van der Waals surface area contributed by atoms with Gasteiger partial charge in [0, 0.05) is 61.9 Å². The van der Waals surface area contributed by atoms with Gasteiger partial charge in [0.1, 0.15) is 29.9 Å². The second-order valence-electron chi connectivity index (χ2n) is 15.8. The lowest BCUT2D eigenvalue weighted by Crippen LogP contribution is -2.50. The Hall–Kier alpha value is -3.94. The molecule has 6 heterocycles. The summed E-state index contributed by atoms with van der Waals surface area (Å²) < 4.78 is 41.0. The number of ether oxygens (including phenoxy) is 4. The van der Waals surface area contributed by atoms with Crippen molar-refractivity contribution < 1.29 is 28.1 Å². The summed E-state index contributed by atoms with van der Waals surface area (Å²) in [6.07, 6.45) is 5.64. The molecule has 14 heteroatoms. The van der Waals surface area contributed by atoms with E-state index in [0.29, 0.717) is 62.1 Å². The first kappa shape index (κ1) is 36.1. The molecule has 0 radical (unpaired) electrons. The first-order chi connectivity index (χ1) is 25.4. The van der Waals surface area contributed by atoms with Gasteiger partial charge >= 0.3 is 12.1 Å². The van der Waals surface area contributed by atoms with E-state index >= 15 is 0 Å². The van der Waals surface area contributed by atoms with Crippen LogP contribution >= 0.6 is 11.6 Å². The molecule has 2 aromatic carbocycles. The van der Waals surface area contributed by atoms with Gasteiger partial charge in [0.15, 0.2) is 6.23 Å². The van der Waals surface area contributed by atoms with Crippen LogP contribution in [-0.4, -0.2) is 113 Å². The molecule has 284 valence electrons. The molecule has 4 aliphatic rings. The number of halogens is 2. The van der Waals surface area contributed by atoms with Crippen LogP contribution in [0.1, 0.15) is 70.2 Å². The van der Waals surface area contributed by atoms with Crippen LogP contribution in [0, 0.1) is 6.92 Å². The third-order valence-electron chi connectivity index (χ3n) is 10.8. The number of hydrogen-bond acceptors (Lipinski definition) is 10. The number of anilines is 1. The summed E-state index contributed by atoms with van der Waals surface area (Å²) in [5.41, 5.74) is 4.87. The Morgan fingerprint density at radius 2 is 1.91 bits per heavy atom. The Kier molecular flexibility index (Phi) is 9.78. The number of likely N-dealkylation sites (tertiary alicyclic amines) is 1. The highest BCUT2D eigenvalue weighted by Gasteiger charge is 2.33. The molecule has 2 aromatic heterocycles. The van der Waals surface area contributed by atoms with Gasteiger partial charge in [-0.25, -0.2) is 13.9 Å². The normalized spacial score (nSPS) is 22.7. The highest BCUT2D eigenvalue weighted by Crippen LogP contribution is 2.48.